The number of sulfone groups is 1. The number of nitrogens with one attached hydrogen (secondary N) is 1. The smallest absolute Gasteiger partial charge is 0.356 e. The van der Waals surface area contributed by atoms with Crippen LogP contribution in [0.3, 0.4) is 0 Å². The number of pyridine rings is 1. The summed E-state index contributed by atoms with van der Waals surface area (Å²) in [5.74, 6) is -0.554. The molecule has 9 heteroatoms. The molecule has 2 aromatic carbocycles. The van der Waals surface area contributed by atoms with Crippen molar-refractivity contribution in [1.29, 1.82) is 0 Å². The zero-order valence-electron chi connectivity index (χ0n) is 20.4. The van der Waals surface area contributed by atoms with Crippen molar-refractivity contribution in [3.63, 3.8) is 0 Å². The van der Waals surface area contributed by atoms with Crippen molar-refractivity contribution in [3.05, 3.63) is 104 Å². The predicted molar refractivity (Wildman–Crippen MR) is 141 cm³/mol. The Hall–Kier alpha value is -3.62. The van der Waals surface area contributed by atoms with Crippen LogP contribution in [0.5, 0.6) is 0 Å². The minimum Gasteiger partial charge on any atom is -0.461 e. The van der Waals surface area contributed by atoms with Crippen molar-refractivity contribution in [2.24, 2.45) is 0 Å². The van der Waals surface area contributed by atoms with Crippen molar-refractivity contribution >= 4 is 27.4 Å². The van der Waals surface area contributed by atoms with Crippen LogP contribution in [-0.4, -0.2) is 30.5 Å². The van der Waals surface area contributed by atoms with E-state index in [0.717, 1.165) is 16.7 Å². The second-order valence-corrected chi connectivity index (χ2v) is 11.3. The van der Waals surface area contributed by atoms with E-state index in [1.165, 1.54) is 18.2 Å². The van der Waals surface area contributed by atoms with Crippen molar-refractivity contribution in [2.75, 3.05) is 6.61 Å². The van der Waals surface area contributed by atoms with Gasteiger partial charge in [-0.3, -0.25) is 4.79 Å². The molecule has 1 N–H and O–H groups in total. The minimum absolute atomic E-state index is 0.0485. The number of ether oxygens (including phenoxy) is 1. The van der Waals surface area contributed by atoms with E-state index >= 15 is 0 Å². The summed E-state index contributed by atoms with van der Waals surface area (Å²) in [6.07, 6.45) is 0.929. The standard InChI is InChI=1S/C28H25ClN2O5S/c1-3-36-28(33)26-23(29)21-14-13-19-15-22(37(34,35)20-7-5-4-6-8-20)27(32)30-24(19)25(21)31(26)16-18-11-9-17(2)10-12-18/h4-12,15H,3,13-14,16H2,1-2H3,(H,30,32). The van der Waals surface area contributed by atoms with Gasteiger partial charge in [0.05, 0.1) is 27.9 Å². The van der Waals surface area contributed by atoms with Crippen LogP contribution in [0.1, 0.15) is 39.7 Å². The Balaban J connectivity index is 1.71. The molecular weight excluding hydrogens is 512 g/mol. The molecule has 0 spiro atoms. The van der Waals surface area contributed by atoms with E-state index in [9.17, 15) is 18.0 Å². The average Bonchev–Trinajstić information content (AvgIpc) is 3.17. The van der Waals surface area contributed by atoms with Gasteiger partial charge >= 0.3 is 5.97 Å². The van der Waals surface area contributed by atoms with E-state index in [4.69, 9.17) is 16.3 Å². The zero-order valence-corrected chi connectivity index (χ0v) is 21.9. The number of hydrogen-bond acceptors (Lipinski definition) is 5. The van der Waals surface area contributed by atoms with E-state index in [1.54, 1.807) is 29.7 Å². The summed E-state index contributed by atoms with van der Waals surface area (Å²) in [5.41, 5.74) is 3.96. The van der Waals surface area contributed by atoms with E-state index in [0.29, 0.717) is 36.3 Å². The first kappa shape index (κ1) is 25.0. The SMILES string of the molecule is CCOC(=O)c1c(Cl)c2c(n1Cc1ccc(C)cc1)-c1[nH]c(=O)c(S(=O)(=O)c3ccccc3)cc1CC2. The summed E-state index contributed by atoms with van der Waals surface area (Å²) in [7, 11) is -4.02. The molecule has 7 nitrogen and oxygen atoms in total. The number of hydrogen-bond donors (Lipinski definition) is 1. The Morgan fingerprint density at radius 1 is 1.08 bits per heavy atom. The topological polar surface area (TPSA) is 98.2 Å². The van der Waals surface area contributed by atoms with Crippen molar-refractivity contribution < 1.29 is 17.9 Å². The van der Waals surface area contributed by atoms with Crippen LogP contribution in [0.2, 0.25) is 5.02 Å². The fourth-order valence-corrected chi connectivity index (χ4v) is 6.46. The number of aromatic nitrogens is 2. The minimum atomic E-state index is -4.02. The Kier molecular flexibility index (Phi) is 6.56. The highest BCUT2D eigenvalue weighted by Gasteiger charge is 2.33. The molecule has 0 saturated heterocycles. The first-order valence-electron chi connectivity index (χ1n) is 11.9. The van der Waals surface area contributed by atoms with Gasteiger partial charge in [-0.1, -0.05) is 59.6 Å². The monoisotopic (exact) mass is 536 g/mol. The Morgan fingerprint density at radius 3 is 2.46 bits per heavy atom. The number of benzene rings is 2. The molecule has 0 amide bonds. The van der Waals surface area contributed by atoms with E-state index in [2.05, 4.69) is 4.98 Å². The second-order valence-electron chi connectivity index (χ2n) is 8.96. The molecule has 4 aromatic rings. The summed E-state index contributed by atoms with van der Waals surface area (Å²) in [5, 5.41) is 0.285. The van der Waals surface area contributed by atoms with E-state index < -0.39 is 21.4 Å². The third-order valence-corrected chi connectivity index (χ3v) is 8.72. The highest BCUT2D eigenvalue weighted by molar-refractivity contribution is 7.91. The van der Waals surface area contributed by atoms with Gasteiger partial charge in [0.1, 0.15) is 10.6 Å². The molecule has 0 unspecified atom stereocenters. The first-order chi connectivity index (χ1) is 17.7. The van der Waals surface area contributed by atoms with E-state index in [1.807, 2.05) is 31.2 Å². The number of carbonyl (C=O) groups excluding carboxylic acids is 1. The summed E-state index contributed by atoms with van der Waals surface area (Å²) >= 11 is 6.75. The molecule has 190 valence electrons. The molecule has 0 saturated carbocycles. The van der Waals surface area contributed by atoms with Gasteiger partial charge < -0.3 is 14.3 Å². The van der Waals surface area contributed by atoms with Crippen LogP contribution < -0.4 is 5.56 Å². The highest BCUT2D eigenvalue weighted by atomic mass is 35.5. The average molecular weight is 537 g/mol. The lowest BCUT2D eigenvalue weighted by molar-refractivity contribution is 0.0515. The number of H-pyrrole nitrogens is 1. The Bertz CT molecular complexity index is 1670. The van der Waals surface area contributed by atoms with Gasteiger partial charge in [-0.05, 0) is 61.6 Å². The number of carbonyl (C=O) groups is 1. The lowest BCUT2D eigenvalue weighted by Crippen LogP contribution is -2.22. The van der Waals surface area contributed by atoms with Crippen LogP contribution >= 0.6 is 11.6 Å². The molecule has 1 aliphatic carbocycles. The van der Waals surface area contributed by atoms with Crippen molar-refractivity contribution in [2.45, 2.75) is 43.0 Å². The molecule has 0 atom stereocenters. The number of nitrogens with zero attached hydrogens (tertiary/aromatic N) is 1. The van der Waals surface area contributed by atoms with Gasteiger partial charge in [0.2, 0.25) is 9.84 Å². The predicted octanol–water partition coefficient (Wildman–Crippen LogP) is 4.96. The van der Waals surface area contributed by atoms with E-state index in [-0.39, 0.29) is 27.1 Å². The number of halogens is 1. The summed E-state index contributed by atoms with van der Waals surface area (Å²) < 4.78 is 33.5. The first-order valence-corrected chi connectivity index (χ1v) is 13.8. The van der Waals surface area contributed by atoms with Crippen LogP contribution in [0, 0.1) is 6.92 Å². The van der Waals surface area contributed by atoms with Gasteiger partial charge in [-0.15, -0.1) is 0 Å². The van der Waals surface area contributed by atoms with Crippen LogP contribution in [-0.2, 0) is 34.0 Å². The summed E-state index contributed by atoms with van der Waals surface area (Å²) in [6, 6.07) is 17.2. The van der Waals surface area contributed by atoms with Gasteiger partial charge in [-0.25, -0.2) is 13.2 Å². The second kappa shape index (κ2) is 9.68. The van der Waals surface area contributed by atoms with Crippen molar-refractivity contribution in [3.8, 4) is 11.4 Å². The lowest BCUT2D eigenvalue weighted by Gasteiger charge is -2.21. The van der Waals surface area contributed by atoms with Crippen LogP contribution in [0.25, 0.3) is 11.4 Å². The molecule has 2 heterocycles. The maximum atomic E-state index is 13.2. The molecule has 0 radical (unpaired) electrons. The van der Waals surface area contributed by atoms with Gasteiger partial charge in [0, 0.05) is 6.54 Å². The highest BCUT2D eigenvalue weighted by Crippen LogP contribution is 2.41. The number of fused-ring (bicyclic) bond motifs is 3. The maximum absolute atomic E-state index is 13.2. The molecule has 2 aromatic heterocycles. The number of aromatic amines is 1. The molecular formula is C28H25ClN2O5S. The third kappa shape index (κ3) is 4.40. The Labute approximate surface area is 219 Å². The quantitative estimate of drug-likeness (QED) is 0.351. The molecule has 0 bridgehead atoms. The third-order valence-electron chi connectivity index (χ3n) is 6.54. The van der Waals surface area contributed by atoms with Gasteiger partial charge in [0.25, 0.3) is 5.56 Å². The maximum Gasteiger partial charge on any atom is 0.356 e. The Morgan fingerprint density at radius 2 is 1.78 bits per heavy atom. The summed E-state index contributed by atoms with van der Waals surface area (Å²) in [6.45, 7) is 4.21. The van der Waals surface area contributed by atoms with Gasteiger partial charge in [0.15, 0.2) is 0 Å². The van der Waals surface area contributed by atoms with Crippen molar-refractivity contribution in [1.82, 2.24) is 9.55 Å². The number of rotatable bonds is 6. The summed E-state index contributed by atoms with van der Waals surface area (Å²) in [4.78, 5) is 28.7. The zero-order chi connectivity index (χ0) is 26.3. The molecule has 0 aliphatic heterocycles. The van der Waals surface area contributed by atoms with Crippen LogP contribution in [0.4, 0.5) is 0 Å². The number of aryl methyl sites for hydroxylation is 2. The van der Waals surface area contributed by atoms with Crippen LogP contribution in [0.15, 0.2) is 75.2 Å². The molecule has 0 fully saturated rings. The molecule has 37 heavy (non-hydrogen) atoms. The fraction of sp³-hybridized carbons (Fsp3) is 0.214. The number of esters is 1. The molecule has 5 rings (SSSR count). The largest absolute Gasteiger partial charge is 0.461 e. The lowest BCUT2D eigenvalue weighted by atomic mass is 9.94. The normalized spacial score (nSPS) is 12.6. The fourth-order valence-electron chi connectivity index (χ4n) is 4.73. The molecule has 1 aliphatic rings. The van der Waals surface area contributed by atoms with Gasteiger partial charge in [-0.2, -0.15) is 0 Å².